The molecule has 27 heavy (non-hydrogen) atoms. The molecule has 4 rings (SSSR count). The van der Waals surface area contributed by atoms with Crippen molar-refractivity contribution >= 4 is 10.9 Å². The molecule has 142 valence electrons. The predicted octanol–water partition coefficient (Wildman–Crippen LogP) is 4.95. The fourth-order valence-electron chi connectivity index (χ4n) is 4.07. The highest BCUT2D eigenvalue weighted by Gasteiger charge is 2.22. The summed E-state index contributed by atoms with van der Waals surface area (Å²) in [7, 11) is 0. The van der Waals surface area contributed by atoms with Gasteiger partial charge in [-0.15, -0.1) is 0 Å². The van der Waals surface area contributed by atoms with E-state index in [1.165, 1.54) is 33.3 Å². The molecule has 2 N–H and O–H groups in total. The summed E-state index contributed by atoms with van der Waals surface area (Å²) in [6.07, 6.45) is 1.10. The molecule has 1 saturated heterocycles. The molecule has 1 aliphatic heterocycles. The first-order chi connectivity index (χ1) is 12.9. The molecule has 1 atom stereocenters. The van der Waals surface area contributed by atoms with Crippen LogP contribution >= 0.6 is 0 Å². The Labute approximate surface area is 162 Å². The third-order valence-corrected chi connectivity index (χ3v) is 5.76. The lowest BCUT2D eigenvalue weighted by molar-refractivity contribution is 0.219. The number of rotatable bonds is 4. The van der Waals surface area contributed by atoms with E-state index >= 15 is 0 Å². The standard InChI is InChI=1S/C24H30N2O/c1-24(2,3)21-6-4-5-18(12-21)19-7-8-23-20(11-19)13-22(25-23)15-26-10-9-17(14-26)16-27/h4-8,11-13,17,25,27H,9-10,14-16H2,1-3H3/t17-/m0/s1. The van der Waals surface area contributed by atoms with E-state index < -0.39 is 0 Å². The third-order valence-electron chi connectivity index (χ3n) is 5.76. The van der Waals surface area contributed by atoms with Crippen molar-refractivity contribution in [3.8, 4) is 11.1 Å². The maximum atomic E-state index is 9.34. The Morgan fingerprint density at radius 3 is 2.63 bits per heavy atom. The van der Waals surface area contributed by atoms with E-state index in [0.29, 0.717) is 12.5 Å². The highest BCUT2D eigenvalue weighted by Crippen LogP contribution is 2.30. The second-order valence-electron chi connectivity index (χ2n) is 9.00. The van der Waals surface area contributed by atoms with E-state index in [1.54, 1.807) is 0 Å². The van der Waals surface area contributed by atoms with Crippen LogP contribution in [0.3, 0.4) is 0 Å². The molecule has 0 aliphatic carbocycles. The lowest BCUT2D eigenvalue weighted by atomic mass is 9.85. The van der Waals surface area contributed by atoms with Crippen LogP contribution in [0.15, 0.2) is 48.5 Å². The summed E-state index contributed by atoms with van der Waals surface area (Å²) in [5.74, 6) is 0.441. The molecule has 1 fully saturated rings. The van der Waals surface area contributed by atoms with Crippen LogP contribution in [-0.4, -0.2) is 34.7 Å². The smallest absolute Gasteiger partial charge is 0.0471 e. The number of aliphatic hydroxyl groups is 1. The maximum Gasteiger partial charge on any atom is 0.0471 e. The topological polar surface area (TPSA) is 39.3 Å². The van der Waals surface area contributed by atoms with Gasteiger partial charge in [0.05, 0.1) is 0 Å². The van der Waals surface area contributed by atoms with Crippen LogP contribution in [0, 0.1) is 5.92 Å². The molecular weight excluding hydrogens is 332 g/mol. The first kappa shape index (κ1) is 18.3. The fourth-order valence-corrected chi connectivity index (χ4v) is 4.07. The highest BCUT2D eigenvalue weighted by atomic mass is 16.3. The number of aromatic amines is 1. The molecule has 1 aliphatic rings. The molecule has 3 nitrogen and oxygen atoms in total. The Hall–Kier alpha value is -2.10. The molecule has 1 aromatic heterocycles. The number of aromatic nitrogens is 1. The van der Waals surface area contributed by atoms with Gasteiger partial charge in [-0.2, -0.15) is 0 Å². The van der Waals surface area contributed by atoms with Gasteiger partial charge in [-0.25, -0.2) is 0 Å². The van der Waals surface area contributed by atoms with Crippen molar-refractivity contribution in [2.75, 3.05) is 19.7 Å². The maximum absolute atomic E-state index is 9.34. The minimum atomic E-state index is 0.156. The zero-order valence-electron chi connectivity index (χ0n) is 16.6. The van der Waals surface area contributed by atoms with Crippen LogP contribution < -0.4 is 0 Å². The van der Waals surface area contributed by atoms with E-state index in [1.807, 2.05) is 0 Å². The molecule has 0 amide bonds. The van der Waals surface area contributed by atoms with E-state index in [0.717, 1.165) is 26.1 Å². The third kappa shape index (κ3) is 3.95. The van der Waals surface area contributed by atoms with Crippen molar-refractivity contribution in [3.63, 3.8) is 0 Å². The lowest BCUT2D eigenvalue weighted by Gasteiger charge is -2.19. The van der Waals surface area contributed by atoms with Crippen LogP contribution in [0.1, 0.15) is 38.4 Å². The normalized spacial score (nSPS) is 18.4. The summed E-state index contributed by atoms with van der Waals surface area (Å²) in [5, 5.41) is 10.6. The second kappa shape index (κ2) is 7.14. The van der Waals surface area contributed by atoms with Gasteiger partial charge in [0, 0.05) is 36.3 Å². The van der Waals surface area contributed by atoms with Crippen LogP contribution in [0.25, 0.3) is 22.0 Å². The number of benzene rings is 2. The second-order valence-corrected chi connectivity index (χ2v) is 9.00. The van der Waals surface area contributed by atoms with E-state index in [2.05, 4.69) is 79.2 Å². The summed E-state index contributed by atoms with van der Waals surface area (Å²) in [6.45, 7) is 10.1. The molecular formula is C24H30N2O. The molecule has 0 saturated carbocycles. The van der Waals surface area contributed by atoms with Gasteiger partial charge in [-0.3, -0.25) is 4.90 Å². The first-order valence-electron chi connectivity index (χ1n) is 9.98. The van der Waals surface area contributed by atoms with Gasteiger partial charge in [-0.05, 0) is 59.2 Å². The molecule has 0 bridgehead atoms. The van der Waals surface area contributed by atoms with Crippen molar-refractivity contribution in [2.45, 2.75) is 39.2 Å². The van der Waals surface area contributed by atoms with Gasteiger partial charge in [0.25, 0.3) is 0 Å². The van der Waals surface area contributed by atoms with E-state index in [-0.39, 0.29) is 5.41 Å². The molecule has 3 heteroatoms. The average Bonchev–Trinajstić information content (AvgIpc) is 3.26. The average molecular weight is 363 g/mol. The molecule has 0 radical (unpaired) electrons. The minimum absolute atomic E-state index is 0.156. The zero-order valence-corrected chi connectivity index (χ0v) is 16.6. The number of nitrogens with one attached hydrogen (secondary N) is 1. The first-order valence-corrected chi connectivity index (χ1v) is 9.98. The summed E-state index contributed by atoms with van der Waals surface area (Å²) in [5.41, 5.74) is 6.51. The van der Waals surface area contributed by atoms with Crippen molar-refractivity contribution in [1.82, 2.24) is 9.88 Å². The van der Waals surface area contributed by atoms with E-state index in [4.69, 9.17) is 0 Å². The van der Waals surface area contributed by atoms with Gasteiger partial charge >= 0.3 is 0 Å². The number of fused-ring (bicyclic) bond motifs is 1. The Morgan fingerprint density at radius 1 is 1.07 bits per heavy atom. The highest BCUT2D eigenvalue weighted by molar-refractivity contribution is 5.86. The number of aliphatic hydroxyl groups excluding tert-OH is 1. The number of nitrogens with zero attached hydrogens (tertiary/aromatic N) is 1. The summed E-state index contributed by atoms with van der Waals surface area (Å²) >= 11 is 0. The SMILES string of the molecule is CC(C)(C)c1cccc(-c2ccc3[nH]c(CN4CC[C@H](CO)C4)cc3c2)c1. The fraction of sp³-hybridized carbons (Fsp3) is 0.417. The van der Waals surface area contributed by atoms with Gasteiger partial charge in [0.15, 0.2) is 0 Å². The van der Waals surface area contributed by atoms with Crippen LogP contribution in [-0.2, 0) is 12.0 Å². The van der Waals surface area contributed by atoms with Crippen LogP contribution in [0.5, 0.6) is 0 Å². The summed E-state index contributed by atoms with van der Waals surface area (Å²) in [4.78, 5) is 6.00. The Morgan fingerprint density at radius 2 is 1.89 bits per heavy atom. The van der Waals surface area contributed by atoms with Gasteiger partial charge in [0.2, 0.25) is 0 Å². The Balaban J connectivity index is 1.58. The molecule has 0 spiro atoms. The van der Waals surface area contributed by atoms with Crippen molar-refractivity contribution in [1.29, 1.82) is 0 Å². The monoisotopic (exact) mass is 362 g/mol. The van der Waals surface area contributed by atoms with Gasteiger partial charge in [-0.1, -0.05) is 51.1 Å². The molecule has 2 aromatic carbocycles. The largest absolute Gasteiger partial charge is 0.396 e. The summed E-state index contributed by atoms with van der Waals surface area (Å²) in [6, 6.07) is 17.9. The Kier molecular flexibility index (Phi) is 4.83. The molecule has 3 aromatic rings. The summed E-state index contributed by atoms with van der Waals surface area (Å²) < 4.78 is 0. The lowest BCUT2D eigenvalue weighted by Crippen LogP contribution is -2.21. The van der Waals surface area contributed by atoms with Crippen molar-refractivity contribution in [2.24, 2.45) is 5.92 Å². The number of hydrogen-bond donors (Lipinski definition) is 2. The van der Waals surface area contributed by atoms with Gasteiger partial charge in [0.1, 0.15) is 0 Å². The number of hydrogen-bond acceptors (Lipinski definition) is 2. The molecule has 2 heterocycles. The van der Waals surface area contributed by atoms with Crippen LogP contribution in [0.4, 0.5) is 0 Å². The molecule has 0 unspecified atom stereocenters. The zero-order chi connectivity index (χ0) is 19.0. The van der Waals surface area contributed by atoms with Crippen molar-refractivity contribution < 1.29 is 5.11 Å². The quantitative estimate of drug-likeness (QED) is 0.689. The van der Waals surface area contributed by atoms with Gasteiger partial charge < -0.3 is 10.1 Å². The van der Waals surface area contributed by atoms with Crippen LogP contribution in [0.2, 0.25) is 0 Å². The Bertz CT molecular complexity index is 935. The number of likely N-dealkylation sites (tertiary alicyclic amines) is 1. The van der Waals surface area contributed by atoms with E-state index in [9.17, 15) is 5.11 Å². The minimum Gasteiger partial charge on any atom is -0.396 e. The predicted molar refractivity (Wildman–Crippen MR) is 113 cm³/mol. The van der Waals surface area contributed by atoms with Crippen molar-refractivity contribution in [3.05, 3.63) is 59.8 Å². The number of H-pyrrole nitrogens is 1.